The van der Waals surface area contributed by atoms with Crippen molar-refractivity contribution in [3.8, 4) is 6.07 Å². The van der Waals surface area contributed by atoms with Crippen molar-refractivity contribution >= 4 is 27.5 Å². The van der Waals surface area contributed by atoms with Gasteiger partial charge in [0.1, 0.15) is 6.07 Å². The molecule has 2 N–H and O–H groups in total. The van der Waals surface area contributed by atoms with Crippen LogP contribution in [0.25, 0.3) is 0 Å². The molecule has 4 nitrogen and oxygen atoms in total. The van der Waals surface area contributed by atoms with E-state index in [9.17, 15) is 9.18 Å². The molecule has 0 bridgehead atoms. The molecule has 1 aliphatic heterocycles. The Hall–Kier alpha value is -1.61. The Kier molecular flexibility index (Phi) is 3.82. The summed E-state index contributed by atoms with van der Waals surface area (Å²) in [5, 5.41) is 14.5. The van der Waals surface area contributed by atoms with Crippen LogP contribution in [0.4, 0.5) is 10.1 Å². The van der Waals surface area contributed by atoms with Gasteiger partial charge in [0.15, 0.2) is 5.82 Å². The predicted molar refractivity (Wildman–Crippen MR) is 68.5 cm³/mol. The fourth-order valence-corrected chi connectivity index (χ4v) is 2.27. The molecule has 0 radical (unpaired) electrons. The fourth-order valence-electron chi connectivity index (χ4n) is 1.84. The smallest absolute Gasteiger partial charge is 0.220 e. The Morgan fingerprint density at radius 2 is 2.39 bits per heavy atom. The quantitative estimate of drug-likeness (QED) is 0.899. The van der Waals surface area contributed by atoms with E-state index in [4.69, 9.17) is 5.26 Å². The van der Waals surface area contributed by atoms with Crippen LogP contribution in [0.1, 0.15) is 18.4 Å². The van der Waals surface area contributed by atoms with E-state index in [0.717, 1.165) is 6.42 Å². The van der Waals surface area contributed by atoms with Crippen LogP contribution in [0.3, 0.4) is 0 Å². The monoisotopic (exact) mass is 311 g/mol. The zero-order valence-corrected chi connectivity index (χ0v) is 11.1. The van der Waals surface area contributed by atoms with Crippen LogP contribution < -0.4 is 10.6 Å². The van der Waals surface area contributed by atoms with Gasteiger partial charge in [-0.1, -0.05) is 0 Å². The lowest BCUT2D eigenvalue weighted by Crippen LogP contribution is -2.32. The lowest BCUT2D eigenvalue weighted by molar-refractivity contribution is -0.119. The van der Waals surface area contributed by atoms with Gasteiger partial charge in [0, 0.05) is 19.0 Å². The maximum absolute atomic E-state index is 13.9. The first-order valence-electron chi connectivity index (χ1n) is 5.53. The van der Waals surface area contributed by atoms with Gasteiger partial charge in [0.2, 0.25) is 5.91 Å². The van der Waals surface area contributed by atoms with Crippen LogP contribution >= 0.6 is 15.9 Å². The van der Waals surface area contributed by atoms with Crippen LogP contribution in [0.2, 0.25) is 0 Å². The Morgan fingerprint density at radius 3 is 3.00 bits per heavy atom. The minimum atomic E-state index is -0.488. The summed E-state index contributed by atoms with van der Waals surface area (Å²) in [5.41, 5.74) is 0.578. The number of carbonyl (C=O) groups is 1. The van der Waals surface area contributed by atoms with Crippen molar-refractivity contribution in [1.29, 1.82) is 5.26 Å². The van der Waals surface area contributed by atoms with Gasteiger partial charge < -0.3 is 10.6 Å². The molecule has 1 aromatic carbocycles. The number of nitrogens with zero attached hydrogens (tertiary/aromatic N) is 1. The van der Waals surface area contributed by atoms with Crippen molar-refractivity contribution in [2.24, 2.45) is 0 Å². The molecule has 1 unspecified atom stereocenters. The second kappa shape index (κ2) is 5.36. The Bertz CT molecular complexity index is 527. The van der Waals surface area contributed by atoms with Gasteiger partial charge in [-0.2, -0.15) is 5.26 Å². The number of benzene rings is 1. The number of anilines is 1. The highest BCUT2D eigenvalue weighted by molar-refractivity contribution is 9.10. The standard InChI is InChI=1S/C12H11BrFN3O/c13-11-7(5-15)1-3-9(12(11)14)16-6-8-2-4-10(18)17-8/h1,3,8,16H,2,4,6H2,(H,17,18). The molecule has 6 heteroatoms. The maximum atomic E-state index is 13.9. The van der Waals surface area contributed by atoms with E-state index in [1.54, 1.807) is 6.07 Å². The van der Waals surface area contributed by atoms with Gasteiger partial charge in [0.05, 0.1) is 15.7 Å². The number of hydrogen-bond donors (Lipinski definition) is 2. The number of carbonyl (C=O) groups excluding carboxylic acids is 1. The van der Waals surface area contributed by atoms with Crippen molar-refractivity contribution in [3.63, 3.8) is 0 Å². The molecule has 1 aromatic rings. The number of amides is 1. The second-order valence-electron chi connectivity index (χ2n) is 4.08. The van der Waals surface area contributed by atoms with Gasteiger partial charge in [-0.05, 0) is 34.5 Å². The summed E-state index contributed by atoms with van der Waals surface area (Å²) >= 11 is 3.05. The Labute approximate surface area is 112 Å². The van der Waals surface area contributed by atoms with E-state index in [2.05, 4.69) is 26.6 Å². The molecule has 1 saturated heterocycles. The summed E-state index contributed by atoms with van der Waals surface area (Å²) in [4.78, 5) is 11.0. The van der Waals surface area contributed by atoms with Crippen molar-refractivity contribution < 1.29 is 9.18 Å². The minimum absolute atomic E-state index is 0.0308. The van der Waals surface area contributed by atoms with Gasteiger partial charge in [-0.25, -0.2) is 4.39 Å². The molecular formula is C12H11BrFN3O. The number of hydrogen-bond acceptors (Lipinski definition) is 3. The summed E-state index contributed by atoms with van der Waals surface area (Å²) in [7, 11) is 0. The summed E-state index contributed by atoms with van der Waals surface area (Å²) < 4.78 is 14.0. The van der Waals surface area contributed by atoms with Crippen LogP contribution in [-0.4, -0.2) is 18.5 Å². The number of nitriles is 1. The van der Waals surface area contributed by atoms with Crippen molar-refractivity contribution in [1.82, 2.24) is 5.32 Å². The predicted octanol–water partition coefficient (Wildman–Crippen LogP) is 2.15. The molecule has 2 rings (SSSR count). The molecule has 0 saturated carbocycles. The normalized spacial score (nSPS) is 18.3. The van der Waals surface area contributed by atoms with Crippen molar-refractivity contribution in [2.45, 2.75) is 18.9 Å². The van der Waals surface area contributed by atoms with Gasteiger partial charge in [0.25, 0.3) is 0 Å². The van der Waals surface area contributed by atoms with Crippen LogP contribution in [0.15, 0.2) is 16.6 Å². The third-order valence-electron chi connectivity index (χ3n) is 2.83. The molecule has 0 aromatic heterocycles. The summed E-state index contributed by atoms with van der Waals surface area (Å²) in [5.74, 6) is -0.457. The first kappa shape index (κ1) is 12.8. The number of halogens is 2. The highest BCUT2D eigenvalue weighted by atomic mass is 79.9. The van der Waals surface area contributed by atoms with Crippen LogP contribution in [0.5, 0.6) is 0 Å². The summed E-state index contributed by atoms with van der Waals surface area (Å²) in [6, 6.07) is 5.00. The third kappa shape index (κ3) is 2.62. The summed E-state index contributed by atoms with van der Waals surface area (Å²) in [6.45, 7) is 0.473. The molecular weight excluding hydrogens is 301 g/mol. The molecule has 94 valence electrons. The first-order chi connectivity index (χ1) is 8.61. The lowest BCUT2D eigenvalue weighted by atomic mass is 10.2. The highest BCUT2D eigenvalue weighted by Gasteiger charge is 2.20. The lowest BCUT2D eigenvalue weighted by Gasteiger charge is -2.13. The van der Waals surface area contributed by atoms with Gasteiger partial charge in [-0.15, -0.1) is 0 Å². The van der Waals surface area contributed by atoms with Crippen LogP contribution in [-0.2, 0) is 4.79 Å². The van der Waals surface area contributed by atoms with Gasteiger partial charge in [-0.3, -0.25) is 4.79 Å². The Balaban J connectivity index is 2.04. The van der Waals surface area contributed by atoms with E-state index in [1.807, 2.05) is 6.07 Å². The fraction of sp³-hybridized carbons (Fsp3) is 0.333. The van der Waals surface area contributed by atoms with Crippen molar-refractivity contribution in [3.05, 3.63) is 28.0 Å². The van der Waals surface area contributed by atoms with E-state index in [-0.39, 0.29) is 22.0 Å². The maximum Gasteiger partial charge on any atom is 0.220 e. The van der Waals surface area contributed by atoms with E-state index in [1.165, 1.54) is 6.07 Å². The zero-order chi connectivity index (χ0) is 13.1. The SMILES string of the molecule is N#Cc1ccc(NCC2CCC(=O)N2)c(F)c1Br. The molecule has 0 aliphatic carbocycles. The number of nitrogens with one attached hydrogen (secondary N) is 2. The topological polar surface area (TPSA) is 64.9 Å². The molecule has 1 atom stereocenters. The first-order valence-corrected chi connectivity index (χ1v) is 6.32. The van der Waals surface area contributed by atoms with Gasteiger partial charge >= 0.3 is 0 Å². The Morgan fingerprint density at radius 1 is 1.61 bits per heavy atom. The largest absolute Gasteiger partial charge is 0.381 e. The van der Waals surface area contributed by atoms with E-state index in [0.29, 0.717) is 18.7 Å². The van der Waals surface area contributed by atoms with E-state index < -0.39 is 5.82 Å². The minimum Gasteiger partial charge on any atom is -0.381 e. The average Bonchev–Trinajstić information content (AvgIpc) is 2.77. The molecule has 0 spiro atoms. The number of rotatable bonds is 3. The van der Waals surface area contributed by atoms with Crippen molar-refractivity contribution in [2.75, 3.05) is 11.9 Å². The zero-order valence-electron chi connectivity index (χ0n) is 9.46. The molecule has 1 fully saturated rings. The third-order valence-corrected chi connectivity index (χ3v) is 3.60. The average molecular weight is 312 g/mol. The van der Waals surface area contributed by atoms with Crippen LogP contribution in [0, 0.1) is 17.1 Å². The summed E-state index contributed by atoms with van der Waals surface area (Å²) in [6.07, 6.45) is 1.27. The molecule has 1 heterocycles. The van der Waals surface area contributed by atoms with E-state index >= 15 is 0 Å². The second-order valence-corrected chi connectivity index (χ2v) is 4.88. The molecule has 1 aliphatic rings. The highest BCUT2D eigenvalue weighted by Crippen LogP contribution is 2.26. The molecule has 18 heavy (non-hydrogen) atoms. The molecule has 1 amide bonds.